The van der Waals surface area contributed by atoms with Gasteiger partial charge in [0.25, 0.3) is 0 Å². The van der Waals surface area contributed by atoms with Crippen LogP contribution in [0.1, 0.15) is 56.6 Å². The van der Waals surface area contributed by atoms with Crippen molar-refractivity contribution in [2.45, 2.75) is 58.5 Å². The molecule has 0 radical (unpaired) electrons. The number of piperidine rings is 1. The highest BCUT2D eigenvalue weighted by Crippen LogP contribution is 2.27. The Hall–Kier alpha value is -2.80. The molecular weight excluding hydrogens is 400 g/mol. The zero-order valence-corrected chi connectivity index (χ0v) is 19.4. The Bertz CT molecular complexity index is 1020. The van der Waals surface area contributed by atoms with E-state index in [1.54, 1.807) is 7.11 Å². The number of benzene rings is 1. The molecule has 0 saturated carbocycles. The number of anilines is 2. The van der Waals surface area contributed by atoms with Crippen molar-refractivity contribution in [2.75, 3.05) is 37.8 Å². The number of aromatic nitrogens is 3. The first-order chi connectivity index (χ1) is 15.7. The minimum absolute atomic E-state index is 0.300. The number of ether oxygens (including phenoxy) is 1. The smallest absolute Gasteiger partial charge is 0.222 e. The van der Waals surface area contributed by atoms with Crippen LogP contribution >= 0.6 is 0 Å². The predicted molar refractivity (Wildman–Crippen MR) is 131 cm³/mol. The normalized spacial score (nSPS) is 14.7. The molecule has 1 aliphatic heterocycles. The van der Waals surface area contributed by atoms with Gasteiger partial charge in [0.05, 0.1) is 19.2 Å². The zero-order chi connectivity index (χ0) is 22.3. The largest absolute Gasteiger partial charge is 0.496 e. The SMILES string of the molecule is CCCCCNc1nc(N)nc2ccn(Cc3cc(CN4CCCCC4)ccc3OC)c12. The summed E-state index contributed by atoms with van der Waals surface area (Å²) >= 11 is 0. The van der Waals surface area contributed by atoms with Gasteiger partial charge in [0, 0.05) is 24.8 Å². The Morgan fingerprint density at radius 3 is 2.69 bits per heavy atom. The second kappa shape index (κ2) is 10.7. The van der Waals surface area contributed by atoms with E-state index in [9.17, 15) is 0 Å². The monoisotopic (exact) mass is 436 g/mol. The van der Waals surface area contributed by atoms with E-state index < -0.39 is 0 Å². The van der Waals surface area contributed by atoms with Gasteiger partial charge in [0.15, 0.2) is 5.82 Å². The lowest BCUT2D eigenvalue weighted by Crippen LogP contribution is -2.29. The summed E-state index contributed by atoms with van der Waals surface area (Å²) in [6, 6.07) is 8.58. The topological polar surface area (TPSA) is 81.2 Å². The van der Waals surface area contributed by atoms with Crippen LogP contribution in [0.3, 0.4) is 0 Å². The van der Waals surface area contributed by atoms with E-state index in [1.165, 1.54) is 50.8 Å². The number of unbranched alkanes of at least 4 members (excludes halogenated alkanes) is 2. The molecule has 0 unspecified atom stereocenters. The fourth-order valence-electron chi connectivity index (χ4n) is 4.57. The molecular formula is C25H36N6O. The number of rotatable bonds is 10. The first kappa shape index (κ1) is 22.4. The third-order valence-electron chi connectivity index (χ3n) is 6.24. The van der Waals surface area contributed by atoms with Crippen molar-refractivity contribution in [3.63, 3.8) is 0 Å². The number of fused-ring (bicyclic) bond motifs is 1. The van der Waals surface area contributed by atoms with Gasteiger partial charge < -0.3 is 20.4 Å². The van der Waals surface area contributed by atoms with Crippen LogP contribution in [0.2, 0.25) is 0 Å². The van der Waals surface area contributed by atoms with Crippen molar-refractivity contribution < 1.29 is 4.74 Å². The number of nitrogens with one attached hydrogen (secondary N) is 1. The predicted octanol–water partition coefficient (Wildman–Crippen LogP) is 4.66. The van der Waals surface area contributed by atoms with Crippen LogP contribution in [0.25, 0.3) is 11.0 Å². The van der Waals surface area contributed by atoms with Gasteiger partial charge in [-0.05, 0) is 56.1 Å². The molecule has 172 valence electrons. The highest BCUT2D eigenvalue weighted by Gasteiger charge is 2.15. The van der Waals surface area contributed by atoms with E-state index in [0.29, 0.717) is 12.5 Å². The van der Waals surface area contributed by atoms with Crippen LogP contribution in [0.5, 0.6) is 5.75 Å². The average Bonchev–Trinajstić information content (AvgIpc) is 3.20. The highest BCUT2D eigenvalue weighted by molar-refractivity contribution is 5.87. The molecule has 0 bridgehead atoms. The molecule has 0 atom stereocenters. The third-order valence-corrected chi connectivity index (χ3v) is 6.24. The maximum absolute atomic E-state index is 5.98. The van der Waals surface area contributed by atoms with Crippen molar-refractivity contribution in [1.29, 1.82) is 0 Å². The second-order valence-corrected chi connectivity index (χ2v) is 8.72. The fraction of sp³-hybridized carbons (Fsp3) is 0.520. The molecule has 0 spiro atoms. The third kappa shape index (κ3) is 5.33. The molecule has 1 fully saturated rings. The van der Waals surface area contributed by atoms with Gasteiger partial charge in [-0.2, -0.15) is 4.98 Å². The number of nitrogen functional groups attached to an aromatic ring is 1. The van der Waals surface area contributed by atoms with Crippen LogP contribution in [0.15, 0.2) is 30.5 Å². The van der Waals surface area contributed by atoms with Gasteiger partial charge in [-0.25, -0.2) is 4.98 Å². The van der Waals surface area contributed by atoms with Gasteiger partial charge in [-0.1, -0.05) is 32.3 Å². The van der Waals surface area contributed by atoms with Crippen molar-refractivity contribution in [1.82, 2.24) is 19.4 Å². The molecule has 4 rings (SSSR count). The lowest BCUT2D eigenvalue weighted by atomic mass is 10.1. The number of likely N-dealkylation sites (tertiary alicyclic amines) is 1. The summed E-state index contributed by atoms with van der Waals surface area (Å²) in [6.45, 7) is 7.15. The number of hydrogen-bond acceptors (Lipinski definition) is 6. The first-order valence-electron chi connectivity index (χ1n) is 11.9. The number of methoxy groups -OCH3 is 1. The lowest BCUT2D eigenvalue weighted by molar-refractivity contribution is 0.221. The van der Waals surface area contributed by atoms with Crippen LogP contribution in [0.4, 0.5) is 11.8 Å². The molecule has 32 heavy (non-hydrogen) atoms. The molecule has 1 saturated heterocycles. The summed E-state index contributed by atoms with van der Waals surface area (Å²) in [7, 11) is 1.74. The summed E-state index contributed by atoms with van der Waals surface area (Å²) in [5.74, 6) is 2.01. The van der Waals surface area contributed by atoms with Gasteiger partial charge in [-0.3, -0.25) is 4.90 Å². The van der Waals surface area contributed by atoms with Crippen molar-refractivity contribution >= 4 is 22.8 Å². The quantitative estimate of drug-likeness (QED) is 0.450. The first-order valence-corrected chi connectivity index (χ1v) is 11.9. The maximum atomic E-state index is 5.98. The standard InChI is InChI=1S/C25H36N6O/c1-3-4-6-12-27-24-23-21(28-25(26)29-24)11-15-31(23)18-20-16-19(9-10-22(20)32-2)17-30-13-7-5-8-14-30/h9-11,15-16H,3-8,12-14,17-18H2,1-2H3,(H3,26,27,28,29). The Balaban J connectivity index is 1.59. The number of nitrogens with two attached hydrogens (primary N) is 1. The summed E-state index contributed by atoms with van der Waals surface area (Å²) in [6.07, 6.45) is 9.50. The minimum atomic E-state index is 0.300. The van der Waals surface area contributed by atoms with E-state index in [1.807, 2.05) is 6.07 Å². The van der Waals surface area contributed by atoms with E-state index in [-0.39, 0.29) is 0 Å². The van der Waals surface area contributed by atoms with E-state index >= 15 is 0 Å². The average molecular weight is 437 g/mol. The van der Waals surface area contributed by atoms with Crippen molar-refractivity contribution in [3.05, 3.63) is 41.6 Å². The molecule has 0 amide bonds. The molecule has 0 aliphatic carbocycles. The fourth-order valence-corrected chi connectivity index (χ4v) is 4.57. The Kier molecular flexibility index (Phi) is 7.47. The summed E-state index contributed by atoms with van der Waals surface area (Å²) in [5, 5.41) is 3.48. The Labute approximate surface area is 191 Å². The molecule has 1 aliphatic rings. The molecule has 1 aromatic carbocycles. The summed E-state index contributed by atoms with van der Waals surface area (Å²) < 4.78 is 7.89. The van der Waals surface area contributed by atoms with E-state index in [0.717, 1.165) is 47.7 Å². The van der Waals surface area contributed by atoms with Crippen LogP contribution in [-0.4, -0.2) is 46.2 Å². The zero-order valence-electron chi connectivity index (χ0n) is 19.4. The van der Waals surface area contributed by atoms with Gasteiger partial charge in [-0.15, -0.1) is 0 Å². The van der Waals surface area contributed by atoms with E-state index in [2.05, 4.69) is 56.1 Å². The lowest BCUT2D eigenvalue weighted by Gasteiger charge is -2.26. The van der Waals surface area contributed by atoms with Gasteiger partial charge in [0.1, 0.15) is 11.3 Å². The molecule has 7 heteroatoms. The molecule has 7 nitrogen and oxygen atoms in total. The van der Waals surface area contributed by atoms with Gasteiger partial charge in [0.2, 0.25) is 5.95 Å². The molecule has 3 N–H and O–H groups in total. The van der Waals surface area contributed by atoms with Crippen molar-refractivity contribution in [2.24, 2.45) is 0 Å². The van der Waals surface area contributed by atoms with Gasteiger partial charge >= 0.3 is 0 Å². The number of nitrogens with zero attached hydrogens (tertiary/aromatic N) is 4. The van der Waals surface area contributed by atoms with Crippen LogP contribution in [0, 0.1) is 0 Å². The van der Waals surface area contributed by atoms with Crippen LogP contribution in [-0.2, 0) is 13.1 Å². The minimum Gasteiger partial charge on any atom is -0.496 e. The second-order valence-electron chi connectivity index (χ2n) is 8.72. The van der Waals surface area contributed by atoms with Crippen molar-refractivity contribution in [3.8, 4) is 5.75 Å². The maximum Gasteiger partial charge on any atom is 0.222 e. The van der Waals surface area contributed by atoms with E-state index in [4.69, 9.17) is 10.5 Å². The Morgan fingerprint density at radius 1 is 1.06 bits per heavy atom. The van der Waals surface area contributed by atoms with Crippen LogP contribution < -0.4 is 15.8 Å². The highest BCUT2D eigenvalue weighted by atomic mass is 16.5. The summed E-state index contributed by atoms with van der Waals surface area (Å²) in [5.41, 5.74) is 10.3. The molecule has 3 heterocycles. The molecule has 3 aromatic rings. The Morgan fingerprint density at radius 2 is 1.91 bits per heavy atom. The summed E-state index contributed by atoms with van der Waals surface area (Å²) in [4.78, 5) is 11.5. The number of hydrogen-bond donors (Lipinski definition) is 2. The molecule has 2 aromatic heterocycles.